The van der Waals surface area contributed by atoms with Crippen LogP contribution in [0.3, 0.4) is 0 Å². The molecule has 0 aliphatic heterocycles. The average molecular weight is 293 g/mol. The van der Waals surface area contributed by atoms with Crippen LogP contribution in [0.5, 0.6) is 0 Å². The van der Waals surface area contributed by atoms with Crippen LogP contribution in [0.15, 0.2) is 0 Å². The lowest BCUT2D eigenvalue weighted by atomic mass is 10.1. The van der Waals surface area contributed by atoms with Gasteiger partial charge in [0.15, 0.2) is 6.04 Å². The highest BCUT2D eigenvalue weighted by molar-refractivity contribution is 7.98. The molecule has 0 fully saturated rings. The van der Waals surface area contributed by atoms with Crippen molar-refractivity contribution in [1.82, 2.24) is 10.6 Å². The number of hydrogen-bond donors (Lipinski definition) is 5. The Morgan fingerprint density at radius 2 is 1.89 bits per heavy atom. The number of nitrogens with two attached hydrogens (primary N) is 1. The zero-order valence-electron chi connectivity index (χ0n) is 10.8. The molecule has 0 aliphatic rings. The van der Waals surface area contributed by atoms with Gasteiger partial charge in [0.25, 0.3) is 0 Å². The van der Waals surface area contributed by atoms with Crippen LogP contribution in [0.2, 0.25) is 0 Å². The maximum Gasteiger partial charge on any atom is 0.328 e. The highest BCUT2D eigenvalue weighted by Gasteiger charge is 2.28. The Bertz CT molecular complexity index is 337. The monoisotopic (exact) mass is 293 g/mol. The largest absolute Gasteiger partial charge is 0.480 e. The summed E-state index contributed by atoms with van der Waals surface area (Å²) in [6.07, 6.45) is 0.883. The molecule has 0 spiro atoms. The lowest BCUT2D eigenvalue weighted by molar-refractivity contribution is -0.145. The molecule has 3 amide bonds. The van der Waals surface area contributed by atoms with Gasteiger partial charge in [0.1, 0.15) is 6.04 Å². The van der Waals surface area contributed by atoms with E-state index < -0.39 is 36.1 Å². The number of carboxylic acids is 1. The Morgan fingerprint density at radius 3 is 2.26 bits per heavy atom. The highest BCUT2D eigenvalue weighted by atomic mass is 32.2. The lowest BCUT2D eigenvalue weighted by Crippen LogP contribution is -2.55. The van der Waals surface area contributed by atoms with Gasteiger partial charge in [-0.15, -0.1) is 0 Å². The van der Waals surface area contributed by atoms with Crippen molar-refractivity contribution in [3.05, 3.63) is 0 Å². The Kier molecular flexibility index (Phi) is 7.92. The third-order valence-electron chi connectivity index (χ3n) is 2.29. The number of aliphatic hydroxyl groups excluding tert-OH is 1. The number of urea groups is 1. The van der Waals surface area contributed by atoms with Crippen LogP contribution in [0.4, 0.5) is 4.79 Å². The minimum Gasteiger partial charge on any atom is -0.480 e. The summed E-state index contributed by atoms with van der Waals surface area (Å²) in [7, 11) is 0. The van der Waals surface area contributed by atoms with Crippen LogP contribution in [-0.4, -0.2) is 58.3 Å². The van der Waals surface area contributed by atoms with Crippen LogP contribution in [-0.2, 0) is 9.59 Å². The molecular weight excluding hydrogens is 274 g/mol. The molecule has 0 aliphatic carbocycles. The number of aliphatic hydroxyl groups is 1. The van der Waals surface area contributed by atoms with Crippen LogP contribution < -0.4 is 16.4 Å². The van der Waals surface area contributed by atoms with E-state index in [1.807, 2.05) is 6.26 Å². The summed E-state index contributed by atoms with van der Waals surface area (Å²) in [6.45, 7) is 1.25. The van der Waals surface area contributed by atoms with E-state index in [1.165, 1.54) is 18.7 Å². The van der Waals surface area contributed by atoms with E-state index in [-0.39, 0.29) is 0 Å². The topological polar surface area (TPSA) is 142 Å². The zero-order chi connectivity index (χ0) is 15.0. The summed E-state index contributed by atoms with van der Waals surface area (Å²) in [5.74, 6) is -1.46. The van der Waals surface area contributed by atoms with E-state index in [4.69, 9.17) is 10.8 Å². The third kappa shape index (κ3) is 6.87. The molecule has 0 heterocycles. The molecular formula is C10H19N3O5S. The molecule has 110 valence electrons. The lowest BCUT2D eigenvalue weighted by Gasteiger charge is -2.21. The number of rotatable bonds is 8. The van der Waals surface area contributed by atoms with E-state index >= 15 is 0 Å². The average Bonchev–Trinajstić information content (AvgIpc) is 2.29. The van der Waals surface area contributed by atoms with Gasteiger partial charge in [-0.3, -0.25) is 4.79 Å². The van der Waals surface area contributed by atoms with Gasteiger partial charge in [0, 0.05) is 0 Å². The molecule has 0 aromatic heterocycles. The molecule has 6 N–H and O–H groups in total. The smallest absolute Gasteiger partial charge is 0.328 e. The van der Waals surface area contributed by atoms with Gasteiger partial charge >= 0.3 is 12.0 Å². The molecule has 0 rings (SSSR count). The number of thioether (sulfide) groups is 1. The first-order valence-electron chi connectivity index (χ1n) is 5.55. The van der Waals surface area contributed by atoms with E-state index in [0.717, 1.165) is 0 Å². The molecule has 0 aromatic carbocycles. The Balaban J connectivity index is 4.68. The fourth-order valence-electron chi connectivity index (χ4n) is 1.32. The van der Waals surface area contributed by atoms with Gasteiger partial charge in [-0.1, -0.05) is 0 Å². The van der Waals surface area contributed by atoms with E-state index in [9.17, 15) is 19.5 Å². The van der Waals surface area contributed by atoms with Gasteiger partial charge in [-0.25, -0.2) is 9.59 Å². The first-order chi connectivity index (χ1) is 8.79. The number of carboxylic acid groups (broad SMARTS) is 1. The van der Waals surface area contributed by atoms with Crippen molar-refractivity contribution in [2.24, 2.45) is 5.73 Å². The fraction of sp³-hybridized carbons (Fsp3) is 0.700. The number of carbonyl (C=O) groups is 3. The minimum atomic E-state index is -1.43. The van der Waals surface area contributed by atoms with Crippen molar-refractivity contribution in [2.45, 2.75) is 31.5 Å². The predicted octanol–water partition coefficient (Wildman–Crippen LogP) is -1.27. The number of primary amides is 1. The summed E-state index contributed by atoms with van der Waals surface area (Å²) in [5, 5.41) is 22.5. The Morgan fingerprint density at radius 1 is 1.32 bits per heavy atom. The summed E-state index contributed by atoms with van der Waals surface area (Å²) in [5.41, 5.74) is 4.95. The molecule has 0 saturated heterocycles. The Hall–Kier alpha value is -1.48. The summed E-state index contributed by atoms with van der Waals surface area (Å²) >= 11 is 1.47. The van der Waals surface area contributed by atoms with Crippen molar-refractivity contribution in [1.29, 1.82) is 0 Å². The summed E-state index contributed by atoms with van der Waals surface area (Å²) in [4.78, 5) is 33.5. The first-order valence-corrected chi connectivity index (χ1v) is 6.95. The molecule has 8 nitrogen and oxygen atoms in total. The van der Waals surface area contributed by atoms with E-state index in [0.29, 0.717) is 12.2 Å². The maximum absolute atomic E-state index is 11.8. The number of hydrogen-bond acceptors (Lipinski definition) is 5. The molecule has 19 heavy (non-hydrogen) atoms. The molecule has 0 bridgehead atoms. The number of aliphatic carboxylic acids is 1. The predicted molar refractivity (Wildman–Crippen MR) is 70.8 cm³/mol. The molecule has 3 atom stereocenters. The molecule has 9 heteroatoms. The van der Waals surface area contributed by atoms with Gasteiger partial charge in [0.2, 0.25) is 5.91 Å². The third-order valence-corrected chi connectivity index (χ3v) is 2.93. The molecule has 0 aromatic rings. The maximum atomic E-state index is 11.8. The van der Waals surface area contributed by atoms with Crippen LogP contribution in [0, 0.1) is 0 Å². The first kappa shape index (κ1) is 17.5. The summed E-state index contributed by atoms with van der Waals surface area (Å²) < 4.78 is 0. The number of amides is 3. The molecule has 1 unspecified atom stereocenters. The van der Waals surface area contributed by atoms with Gasteiger partial charge in [0.05, 0.1) is 6.10 Å². The van der Waals surface area contributed by atoms with Gasteiger partial charge in [-0.2, -0.15) is 11.8 Å². The van der Waals surface area contributed by atoms with Crippen molar-refractivity contribution in [2.75, 3.05) is 12.0 Å². The van der Waals surface area contributed by atoms with Gasteiger partial charge < -0.3 is 26.6 Å². The second kappa shape index (κ2) is 8.59. The second-order valence-corrected chi connectivity index (χ2v) is 4.89. The molecule has 0 saturated carbocycles. The van der Waals surface area contributed by atoms with Crippen molar-refractivity contribution in [3.8, 4) is 0 Å². The fourth-order valence-corrected chi connectivity index (χ4v) is 1.79. The minimum absolute atomic E-state index is 0.308. The normalized spacial score (nSPS) is 15.1. The van der Waals surface area contributed by atoms with Crippen LogP contribution in [0.1, 0.15) is 13.3 Å². The second-order valence-electron chi connectivity index (χ2n) is 3.91. The number of carbonyl (C=O) groups excluding carboxylic acids is 2. The SMILES string of the molecule is CSCCC(NC(N)=O)C(=O)N[C@H](C(=O)O)[C@@H](C)O. The zero-order valence-corrected chi connectivity index (χ0v) is 11.6. The Labute approximate surface area is 115 Å². The summed E-state index contributed by atoms with van der Waals surface area (Å²) in [6, 6.07) is -3.23. The van der Waals surface area contributed by atoms with Crippen molar-refractivity contribution in [3.63, 3.8) is 0 Å². The van der Waals surface area contributed by atoms with E-state index in [1.54, 1.807) is 0 Å². The van der Waals surface area contributed by atoms with Crippen LogP contribution in [0.25, 0.3) is 0 Å². The molecule has 0 radical (unpaired) electrons. The van der Waals surface area contributed by atoms with E-state index in [2.05, 4.69) is 10.6 Å². The standard InChI is InChI=1S/C10H19N3O5S/c1-5(14)7(9(16)17)13-8(15)6(3-4-19-2)12-10(11)18/h5-7,14H,3-4H2,1-2H3,(H,13,15)(H,16,17)(H3,11,12,18)/t5-,6?,7+/m1/s1. The number of nitrogens with one attached hydrogen (secondary N) is 2. The van der Waals surface area contributed by atoms with Crippen LogP contribution >= 0.6 is 11.8 Å². The van der Waals surface area contributed by atoms with Crippen molar-refractivity contribution >= 4 is 29.7 Å². The quantitative estimate of drug-likeness (QED) is 0.377. The van der Waals surface area contributed by atoms with Gasteiger partial charge in [-0.05, 0) is 25.4 Å². The van der Waals surface area contributed by atoms with Crippen molar-refractivity contribution < 1.29 is 24.6 Å². The highest BCUT2D eigenvalue weighted by Crippen LogP contribution is 2.02.